The number of piperazine rings is 1. The minimum absolute atomic E-state index is 0.0198. The summed E-state index contributed by atoms with van der Waals surface area (Å²) in [6.45, 7) is 2.25. The molecule has 0 unspecified atom stereocenters. The van der Waals surface area contributed by atoms with E-state index in [1.165, 1.54) is 6.20 Å². The van der Waals surface area contributed by atoms with Crippen LogP contribution in [-0.4, -0.2) is 57.1 Å². The smallest absolute Gasteiger partial charge is 0.361 e. The van der Waals surface area contributed by atoms with E-state index in [4.69, 9.17) is 0 Å². The second kappa shape index (κ2) is 7.66. The number of aromatic amines is 1. The van der Waals surface area contributed by atoms with Crippen LogP contribution < -0.4 is 4.90 Å². The molecule has 3 aromatic heterocycles. The zero-order chi connectivity index (χ0) is 22.3. The predicted molar refractivity (Wildman–Crippen MR) is 109 cm³/mol. The summed E-state index contributed by atoms with van der Waals surface area (Å²) >= 11 is 0. The highest BCUT2D eigenvalue weighted by Crippen LogP contribution is 2.29. The van der Waals surface area contributed by atoms with Crippen molar-refractivity contribution < 1.29 is 22.5 Å². The molecule has 4 heterocycles. The maximum absolute atomic E-state index is 12.9. The number of H-pyrrole nitrogens is 1. The molecule has 0 bridgehead atoms. The Morgan fingerprint density at radius 2 is 1.88 bits per heavy atom. The lowest BCUT2D eigenvalue weighted by Gasteiger charge is -2.35. The van der Waals surface area contributed by atoms with Gasteiger partial charge >= 0.3 is 12.1 Å². The number of nitrogens with zero attached hydrogens (tertiary/aromatic N) is 5. The highest BCUT2D eigenvalue weighted by molar-refractivity contribution is 5.98. The monoisotopic (exact) mass is 442 g/mol. The topological polar surface area (TPSA) is 91.2 Å². The third-order valence-electron chi connectivity index (χ3n) is 5.37. The zero-order valence-electron chi connectivity index (χ0n) is 16.6. The number of benzene rings is 1. The molecule has 1 amide bonds. The number of rotatable bonds is 3. The second-order valence-electron chi connectivity index (χ2n) is 7.38. The predicted octanol–water partition coefficient (Wildman–Crippen LogP) is 3.59. The van der Waals surface area contributed by atoms with Gasteiger partial charge in [0, 0.05) is 60.6 Å². The van der Waals surface area contributed by atoms with Crippen LogP contribution in [0.25, 0.3) is 22.3 Å². The molecule has 1 aliphatic rings. The Balaban J connectivity index is 1.23. The number of hydrogen-bond acceptors (Lipinski definition) is 6. The number of amides is 1. The second-order valence-corrected chi connectivity index (χ2v) is 7.38. The maximum atomic E-state index is 12.9. The molecule has 0 saturated carbocycles. The van der Waals surface area contributed by atoms with Crippen LogP contribution in [0, 0.1) is 0 Å². The van der Waals surface area contributed by atoms with Gasteiger partial charge in [-0.25, -0.2) is 4.98 Å². The molecule has 4 aromatic rings. The van der Waals surface area contributed by atoms with E-state index in [1.54, 1.807) is 17.0 Å². The lowest BCUT2D eigenvalue weighted by Crippen LogP contribution is -2.49. The Bertz CT molecular complexity index is 1260. The Morgan fingerprint density at radius 1 is 1.06 bits per heavy atom. The van der Waals surface area contributed by atoms with Gasteiger partial charge in [0.15, 0.2) is 0 Å². The van der Waals surface area contributed by atoms with Crippen molar-refractivity contribution in [2.75, 3.05) is 31.1 Å². The summed E-state index contributed by atoms with van der Waals surface area (Å²) in [6, 6.07) is 10.8. The molecule has 8 nitrogen and oxygen atoms in total. The molecule has 164 valence electrons. The third-order valence-corrected chi connectivity index (χ3v) is 5.37. The fourth-order valence-corrected chi connectivity index (χ4v) is 3.67. The first-order valence-electron chi connectivity index (χ1n) is 9.87. The van der Waals surface area contributed by atoms with Crippen LogP contribution in [0.4, 0.5) is 19.0 Å². The van der Waals surface area contributed by atoms with E-state index < -0.39 is 12.1 Å². The third kappa shape index (κ3) is 3.77. The van der Waals surface area contributed by atoms with E-state index in [2.05, 4.69) is 24.6 Å². The van der Waals surface area contributed by atoms with Gasteiger partial charge in [-0.15, -0.1) is 0 Å². The van der Waals surface area contributed by atoms with E-state index in [0.29, 0.717) is 43.1 Å². The number of carbonyl (C=O) groups excluding carboxylic acids is 1. The van der Waals surface area contributed by atoms with Crippen molar-refractivity contribution in [3.8, 4) is 11.4 Å². The van der Waals surface area contributed by atoms with Gasteiger partial charge in [0.25, 0.3) is 5.91 Å². The van der Waals surface area contributed by atoms with Gasteiger partial charge in [0.2, 0.25) is 5.82 Å². The highest BCUT2D eigenvalue weighted by atomic mass is 19.4. The minimum Gasteiger partial charge on any atom is -0.361 e. The van der Waals surface area contributed by atoms with Crippen molar-refractivity contribution in [2.45, 2.75) is 6.18 Å². The Labute approximate surface area is 179 Å². The van der Waals surface area contributed by atoms with E-state index in [0.717, 1.165) is 10.9 Å². The number of carbonyl (C=O) groups is 1. The summed E-state index contributed by atoms with van der Waals surface area (Å²) in [5.41, 5.74) is 1.95. The number of anilines is 1. The zero-order valence-corrected chi connectivity index (χ0v) is 16.6. The number of pyridine rings is 1. The van der Waals surface area contributed by atoms with Crippen LogP contribution in [0.5, 0.6) is 0 Å². The van der Waals surface area contributed by atoms with Crippen molar-refractivity contribution in [3.05, 3.63) is 60.2 Å². The van der Waals surface area contributed by atoms with Gasteiger partial charge in [0.05, 0.1) is 0 Å². The summed E-state index contributed by atoms with van der Waals surface area (Å²) in [5, 5.41) is 4.35. The normalized spacial score (nSPS) is 14.8. The van der Waals surface area contributed by atoms with Gasteiger partial charge in [-0.05, 0) is 36.4 Å². The first-order chi connectivity index (χ1) is 15.4. The van der Waals surface area contributed by atoms with Gasteiger partial charge in [0.1, 0.15) is 5.82 Å². The van der Waals surface area contributed by atoms with E-state index in [1.807, 2.05) is 35.4 Å². The van der Waals surface area contributed by atoms with Crippen molar-refractivity contribution in [1.29, 1.82) is 0 Å². The first-order valence-corrected chi connectivity index (χ1v) is 9.87. The number of hydrogen-bond donors (Lipinski definition) is 1. The van der Waals surface area contributed by atoms with Gasteiger partial charge in [-0.3, -0.25) is 4.79 Å². The van der Waals surface area contributed by atoms with Crippen molar-refractivity contribution in [3.63, 3.8) is 0 Å². The number of fused-ring (bicyclic) bond motifs is 1. The summed E-state index contributed by atoms with van der Waals surface area (Å²) in [4.78, 5) is 27.5. The summed E-state index contributed by atoms with van der Waals surface area (Å²) < 4.78 is 42.1. The average molecular weight is 442 g/mol. The van der Waals surface area contributed by atoms with Gasteiger partial charge < -0.3 is 19.3 Å². The Morgan fingerprint density at radius 3 is 2.56 bits per heavy atom. The molecule has 0 radical (unpaired) electrons. The fraction of sp³-hybridized carbons (Fsp3) is 0.238. The number of aromatic nitrogens is 4. The van der Waals surface area contributed by atoms with Gasteiger partial charge in [-0.1, -0.05) is 5.16 Å². The fourth-order valence-electron chi connectivity index (χ4n) is 3.67. The molecule has 1 saturated heterocycles. The average Bonchev–Trinajstić information content (AvgIpc) is 3.48. The quantitative estimate of drug-likeness (QED) is 0.522. The van der Waals surface area contributed by atoms with Crippen molar-refractivity contribution >= 4 is 22.6 Å². The molecule has 0 spiro atoms. The minimum atomic E-state index is -4.69. The van der Waals surface area contributed by atoms with Crippen molar-refractivity contribution in [2.24, 2.45) is 0 Å². The van der Waals surface area contributed by atoms with Crippen molar-refractivity contribution in [1.82, 2.24) is 25.0 Å². The van der Waals surface area contributed by atoms with E-state index >= 15 is 0 Å². The molecule has 11 heteroatoms. The number of halogens is 3. The van der Waals surface area contributed by atoms with Crippen LogP contribution in [0.1, 0.15) is 16.2 Å². The molecule has 32 heavy (non-hydrogen) atoms. The van der Waals surface area contributed by atoms with Crippen LogP contribution in [0.15, 0.2) is 53.3 Å². The largest absolute Gasteiger partial charge is 0.471 e. The molecular formula is C21H17F3N6O2. The lowest BCUT2D eigenvalue weighted by atomic mass is 10.1. The Kier molecular flexibility index (Phi) is 4.80. The van der Waals surface area contributed by atoms with E-state index in [9.17, 15) is 18.0 Å². The molecule has 1 N–H and O–H groups in total. The molecule has 1 aliphatic heterocycles. The summed E-state index contributed by atoms with van der Waals surface area (Å²) in [6.07, 6.45) is -1.45. The molecule has 1 fully saturated rings. The standard InChI is InChI=1S/C21H17F3N6O2/c22-21(23,24)20-27-18(28-32-20)15-2-4-17(26-12-15)29-7-9-30(10-8-29)19(31)14-1-3-16-13(11-14)5-6-25-16/h1-6,11-12,25H,7-10H2. The van der Waals surface area contributed by atoms with Crippen LogP contribution >= 0.6 is 0 Å². The maximum Gasteiger partial charge on any atom is 0.471 e. The van der Waals surface area contributed by atoms with Crippen LogP contribution in [0.3, 0.4) is 0 Å². The van der Waals surface area contributed by atoms with Gasteiger partial charge in [-0.2, -0.15) is 18.2 Å². The summed E-state index contributed by atoms with van der Waals surface area (Å²) in [5.74, 6) is -0.929. The molecule has 5 rings (SSSR count). The molecule has 1 aromatic carbocycles. The number of alkyl halides is 3. The first kappa shape index (κ1) is 20.0. The molecular weight excluding hydrogens is 425 g/mol. The SMILES string of the molecule is O=C(c1ccc2[nH]ccc2c1)N1CCN(c2ccc(-c3noc(C(F)(F)F)n3)cn2)CC1. The molecule has 0 atom stereocenters. The van der Waals surface area contributed by atoms with Crippen LogP contribution in [-0.2, 0) is 6.18 Å². The Hall–Kier alpha value is -3.89. The van der Waals surface area contributed by atoms with E-state index in [-0.39, 0.29) is 11.7 Å². The molecule has 0 aliphatic carbocycles. The van der Waals surface area contributed by atoms with Crippen LogP contribution in [0.2, 0.25) is 0 Å². The summed E-state index contributed by atoms with van der Waals surface area (Å²) in [7, 11) is 0. The highest BCUT2D eigenvalue weighted by Gasteiger charge is 2.38. The number of nitrogens with one attached hydrogen (secondary N) is 1. The lowest BCUT2D eigenvalue weighted by molar-refractivity contribution is -0.159.